The number of allylic oxidation sites excluding steroid dienone is 1. The van der Waals surface area contributed by atoms with E-state index in [-0.39, 0.29) is 12.3 Å². The second kappa shape index (κ2) is 3.35. The zero-order chi connectivity index (χ0) is 8.27. The van der Waals surface area contributed by atoms with E-state index >= 15 is 0 Å². The molecule has 0 aromatic heterocycles. The molecule has 1 aliphatic carbocycles. The molecule has 1 N–H and O–H groups in total. The lowest BCUT2D eigenvalue weighted by Gasteiger charge is -2.03. The highest BCUT2D eigenvalue weighted by Crippen LogP contribution is 2.31. The molecule has 1 aliphatic rings. The summed E-state index contributed by atoms with van der Waals surface area (Å²) in [6.07, 6.45) is 2.59. The molecule has 1 unspecified atom stereocenters. The molecule has 0 aromatic rings. The zero-order valence-electron chi connectivity index (χ0n) is 6.17. The van der Waals surface area contributed by atoms with Crippen LogP contribution in [0.4, 0.5) is 0 Å². The first-order valence-corrected chi connectivity index (χ1v) is 3.69. The Bertz CT molecular complexity index is 213. The maximum Gasteiger partial charge on any atom is 0.303 e. The normalized spacial score (nSPS) is 23.3. The van der Waals surface area contributed by atoms with Crippen LogP contribution in [0.2, 0.25) is 0 Å². The molecule has 11 heavy (non-hydrogen) atoms. The van der Waals surface area contributed by atoms with Crippen LogP contribution in [0.1, 0.15) is 25.7 Å². The standard InChI is InChI=1S/C8H10O3/c9-5-7-3-1-2-6(7)4-8(10)11/h6H,1-4H2,(H,10,11). The molecule has 0 aromatic carbocycles. The van der Waals surface area contributed by atoms with Gasteiger partial charge in [-0.05, 0) is 19.3 Å². The van der Waals surface area contributed by atoms with Crippen LogP contribution in [0.15, 0.2) is 5.57 Å². The Labute approximate surface area is 64.7 Å². The summed E-state index contributed by atoms with van der Waals surface area (Å²) in [4.78, 5) is 20.5. The van der Waals surface area contributed by atoms with Crippen LogP contribution >= 0.6 is 0 Å². The van der Waals surface area contributed by atoms with Crippen LogP contribution in [0.3, 0.4) is 0 Å². The van der Waals surface area contributed by atoms with Gasteiger partial charge in [0.05, 0.1) is 6.42 Å². The van der Waals surface area contributed by atoms with E-state index in [1.54, 1.807) is 0 Å². The van der Waals surface area contributed by atoms with E-state index in [9.17, 15) is 9.59 Å². The fourth-order valence-corrected chi connectivity index (χ4v) is 1.49. The Morgan fingerprint density at radius 3 is 3.00 bits per heavy atom. The predicted octanol–water partition coefficient (Wildman–Crippen LogP) is 1.02. The second-order valence-electron chi connectivity index (χ2n) is 2.81. The molecular weight excluding hydrogens is 144 g/mol. The summed E-state index contributed by atoms with van der Waals surface area (Å²) in [5.41, 5.74) is 0.660. The third-order valence-corrected chi connectivity index (χ3v) is 2.04. The highest BCUT2D eigenvalue weighted by molar-refractivity contribution is 5.69. The fourth-order valence-electron chi connectivity index (χ4n) is 1.49. The monoisotopic (exact) mass is 154 g/mol. The summed E-state index contributed by atoms with van der Waals surface area (Å²) < 4.78 is 0. The molecule has 1 atom stereocenters. The molecular formula is C8H10O3. The molecule has 1 rings (SSSR count). The maximum atomic E-state index is 10.3. The Kier molecular flexibility index (Phi) is 2.44. The average Bonchev–Trinajstić information content (AvgIpc) is 2.34. The second-order valence-corrected chi connectivity index (χ2v) is 2.81. The van der Waals surface area contributed by atoms with E-state index in [0.29, 0.717) is 5.57 Å². The highest BCUT2D eigenvalue weighted by Gasteiger charge is 2.23. The average molecular weight is 154 g/mol. The summed E-state index contributed by atoms with van der Waals surface area (Å²) in [6, 6.07) is 0. The third-order valence-electron chi connectivity index (χ3n) is 2.04. The summed E-state index contributed by atoms with van der Waals surface area (Å²) in [6.45, 7) is 0. The van der Waals surface area contributed by atoms with E-state index in [4.69, 9.17) is 5.11 Å². The highest BCUT2D eigenvalue weighted by atomic mass is 16.4. The molecule has 60 valence electrons. The summed E-state index contributed by atoms with van der Waals surface area (Å²) in [7, 11) is 0. The van der Waals surface area contributed by atoms with Gasteiger partial charge in [-0.2, -0.15) is 0 Å². The molecule has 1 fully saturated rings. The van der Waals surface area contributed by atoms with Gasteiger partial charge in [0.25, 0.3) is 0 Å². The van der Waals surface area contributed by atoms with Crippen molar-refractivity contribution in [1.29, 1.82) is 0 Å². The van der Waals surface area contributed by atoms with Crippen molar-refractivity contribution in [3.8, 4) is 0 Å². The largest absolute Gasteiger partial charge is 0.481 e. The number of hydrogen-bond donors (Lipinski definition) is 1. The Morgan fingerprint density at radius 1 is 1.73 bits per heavy atom. The summed E-state index contributed by atoms with van der Waals surface area (Å²) in [5.74, 6) is 0.957. The van der Waals surface area contributed by atoms with Crippen molar-refractivity contribution in [2.45, 2.75) is 25.7 Å². The van der Waals surface area contributed by atoms with Gasteiger partial charge in [0.1, 0.15) is 5.94 Å². The van der Waals surface area contributed by atoms with Crippen molar-refractivity contribution in [3.05, 3.63) is 5.57 Å². The van der Waals surface area contributed by atoms with Crippen LogP contribution < -0.4 is 0 Å². The molecule has 0 saturated heterocycles. The van der Waals surface area contributed by atoms with Crippen LogP contribution in [-0.4, -0.2) is 17.0 Å². The Morgan fingerprint density at radius 2 is 2.45 bits per heavy atom. The molecule has 0 radical (unpaired) electrons. The van der Waals surface area contributed by atoms with Gasteiger partial charge in [0, 0.05) is 11.5 Å². The number of carbonyl (C=O) groups excluding carboxylic acids is 1. The van der Waals surface area contributed by atoms with Crippen LogP contribution in [-0.2, 0) is 9.59 Å². The van der Waals surface area contributed by atoms with Gasteiger partial charge in [-0.25, -0.2) is 4.79 Å². The quantitative estimate of drug-likeness (QED) is 0.604. The van der Waals surface area contributed by atoms with Crippen molar-refractivity contribution in [3.63, 3.8) is 0 Å². The van der Waals surface area contributed by atoms with Crippen LogP contribution in [0, 0.1) is 5.92 Å². The lowest BCUT2D eigenvalue weighted by Crippen LogP contribution is -2.05. The lowest BCUT2D eigenvalue weighted by molar-refractivity contribution is -0.137. The molecule has 0 bridgehead atoms. The molecule has 0 amide bonds. The third kappa shape index (κ3) is 1.92. The van der Waals surface area contributed by atoms with Gasteiger partial charge in [-0.15, -0.1) is 0 Å². The van der Waals surface area contributed by atoms with Gasteiger partial charge in [-0.1, -0.05) is 0 Å². The van der Waals surface area contributed by atoms with E-state index in [1.165, 1.54) is 0 Å². The van der Waals surface area contributed by atoms with E-state index < -0.39 is 5.97 Å². The molecule has 3 heteroatoms. The number of carbonyl (C=O) groups is 1. The predicted molar refractivity (Wildman–Crippen MR) is 38.8 cm³/mol. The van der Waals surface area contributed by atoms with Crippen molar-refractivity contribution in [2.75, 3.05) is 0 Å². The van der Waals surface area contributed by atoms with Gasteiger partial charge in [0.15, 0.2) is 0 Å². The zero-order valence-corrected chi connectivity index (χ0v) is 6.17. The van der Waals surface area contributed by atoms with Gasteiger partial charge < -0.3 is 5.11 Å². The van der Waals surface area contributed by atoms with Crippen molar-refractivity contribution >= 4 is 11.9 Å². The van der Waals surface area contributed by atoms with Crippen LogP contribution in [0.25, 0.3) is 0 Å². The number of carboxylic acids is 1. The SMILES string of the molecule is O=C=C1CCCC1CC(=O)O. The maximum absolute atomic E-state index is 10.3. The lowest BCUT2D eigenvalue weighted by atomic mass is 10.0. The van der Waals surface area contributed by atoms with E-state index in [2.05, 4.69) is 0 Å². The van der Waals surface area contributed by atoms with Crippen molar-refractivity contribution < 1.29 is 14.7 Å². The van der Waals surface area contributed by atoms with Gasteiger partial charge in [0.2, 0.25) is 0 Å². The fraction of sp³-hybridized carbons (Fsp3) is 0.625. The first-order valence-electron chi connectivity index (χ1n) is 3.69. The first-order chi connectivity index (χ1) is 5.24. The molecule has 0 spiro atoms. The summed E-state index contributed by atoms with van der Waals surface area (Å²) in [5, 5.41) is 8.44. The van der Waals surface area contributed by atoms with Gasteiger partial charge >= 0.3 is 5.97 Å². The topological polar surface area (TPSA) is 54.4 Å². The Balaban J connectivity index is 2.58. The number of carboxylic acid groups (broad SMARTS) is 1. The Hall–Kier alpha value is -1.08. The number of aliphatic carboxylic acids is 1. The van der Waals surface area contributed by atoms with Crippen molar-refractivity contribution in [2.24, 2.45) is 5.92 Å². The van der Waals surface area contributed by atoms with Crippen LogP contribution in [0.5, 0.6) is 0 Å². The minimum absolute atomic E-state index is 0.0370. The molecule has 0 aliphatic heterocycles. The smallest absolute Gasteiger partial charge is 0.303 e. The molecule has 0 heterocycles. The summed E-state index contributed by atoms with van der Waals surface area (Å²) >= 11 is 0. The van der Waals surface area contributed by atoms with E-state index in [1.807, 2.05) is 5.94 Å². The van der Waals surface area contributed by atoms with Gasteiger partial charge in [-0.3, -0.25) is 4.79 Å². The molecule has 1 saturated carbocycles. The minimum Gasteiger partial charge on any atom is -0.481 e. The number of rotatable bonds is 2. The van der Waals surface area contributed by atoms with E-state index in [0.717, 1.165) is 19.3 Å². The van der Waals surface area contributed by atoms with Crippen molar-refractivity contribution in [1.82, 2.24) is 0 Å². The molecule has 3 nitrogen and oxygen atoms in total. The first kappa shape index (κ1) is 8.02. The minimum atomic E-state index is -0.829. The number of hydrogen-bond acceptors (Lipinski definition) is 2.